The van der Waals surface area contributed by atoms with Gasteiger partial charge in [0.15, 0.2) is 5.82 Å². The second kappa shape index (κ2) is 5.25. The van der Waals surface area contributed by atoms with Crippen LogP contribution < -0.4 is 5.32 Å². The fraction of sp³-hybridized carbons (Fsp3) is 0.462. The van der Waals surface area contributed by atoms with Crippen molar-refractivity contribution in [2.45, 2.75) is 38.6 Å². The van der Waals surface area contributed by atoms with E-state index in [1.165, 1.54) is 12.0 Å². The van der Waals surface area contributed by atoms with Gasteiger partial charge in [-0.05, 0) is 44.2 Å². The number of aromatic amines is 1. The number of nitriles is 1. The molecule has 7 nitrogen and oxygen atoms in total. The largest absolute Gasteiger partial charge is 0.359 e. The standard InChI is InChI=1S/C13H15N7/c1-8(12-17-19-20-18-12)15-13-10(7-14)6-9-4-2-3-5-11(9)16-13/h6,8H,2-5H2,1H3,(H,15,16)(H,17,18,19,20). The third-order valence-corrected chi connectivity index (χ3v) is 3.52. The molecule has 1 unspecified atom stereocenters. The molecule has 0 saturated heterocycles. The highest BCUT2D eigenvalue weighted by Crippen LogP contribution is 2.26. The van der Waals surface area contributed by atoms with Crippen molar-refractivity contribution in [2.24, 2.45) is 0 Å². The maximum absolute atomic E-state index is 9.28. The summed E-state index contributed by atoms with van der Waals surface area (Å²) in [5.41, 5.74) is 2.87. The number of aryl methyl sites for hydroxylation is 2. The average Bonchev–Trinajstić information content (AvgIpc) is 3.01. The Kier molecular flexibility index (Phi) is 3.29. The van der Waals surface area contributed by atoms with Crippen LogP contribution in [0.15, 0.2) is 6.07 Å². The predicted molar refractivity (Wildman–Crippen MR) is 71.8 cm³/mol. The number of fused-ring (bicyclic) bond motifs is 1. The van der Waals surface area contributed by atoms with Crippen molar-refractivity contribution >= 4 is 5.82 Å². The van der Waals surface area contributed by atoms with Crippen LogP contribution in [0.5, 0.6) is 0 Å². The molecule has 3 rings (SSSR count). The third-order valence-electron chi connectivity index (χ3n) is 3.52. The van der Waals surface area contributed by atoms with Crippen molar-refractivity contribution in [3.63, 3.8) is 0 Å². The van der Waals surface area contributed by atoms with E-state index in [4.69, 9.17) is 0 Å². The van der Waals surface area contributed by atoms with Gasteiger partial charge in [0.2, 0.25) is 0 Å². The first-order valence-electron chi connectivity index (χ1n) is 6.70. The first kappa shape index (κ1) is 12.5. The van der Waals surface area contributed by atoms with Crippen LogP contribution in [-0.4, -0.2) is 25.6 Å². The average molecular weight is 269 g/mol. The van der Waals surface area contributed by atoms with Gasteiger partial charge in [0.1, 0.15) is 11.9 Å². The van der Waals surface area contributed by atoms with Gasteiger partial charge in [-0.25, -0.2) is 4.98 Å². The van der Waals surface area contributed by atoms with Gasteiger partial charge in [0, 0.05) is 5.69 Å². The Bertz CT molecular complexity index is 641. The number of H-pyrrole nitrogens is 1. The molecule has 20 heavy (non-hydrogen) atoms. The Balaban J connectivity index is 1.90. The zero-order valence-electron chi connectivity index (χ0n) is 11.2. The van der Waals surface area contributed by atoms with Crippen LogP contribution in [0.1, 0.15) is 48.5 Å². The minimum absolute atomic E-state index is 0.157. The molecule has 0 radical (unpaired) electrons. The quantitative estimate of drug-likeness (QED) is 0.875. The molecule has 7 heteroatoms. The van der Waals surface area contributed by atoms with Crippen molar-refractivity contribution in [3.8, 4) is 6.07 Å². The van der Waals surface area contributed by atoms with E-state index < -0.39 is 0 Å². The van der Waals surface area contributed by atoms with Crippen LogP contribution in [0, 0.1) is 11.3 Å². The molecule has 0 amide bonds. The highest BCUT2D eigenvalue weighted by molar-refractivity contribution is 5.55. The molecule has 1 aliphatic rings. The van der Waals surface area contributed by atoms with E-state index in [9.17, 15) is 5.26 Å². The lowest BCUT2D eigenvalue weighted by molar-refractivity contribution is 0.666. The number of tetrazole rings is 1. The molecular weight excluding hydrogens is 254 g/mol. The molecule has 2 N–H and O–H groups in total. The first-order valence-corrected chi connectivity index (χ1v) is 6.70. The van der Waals surface area contributed by atoms with Crippen molar-refractivity contribution < 1.29 is 0 Å². The summed E-state index contributed by atoms with van der Waals surface area (Å²) in [7, 11) is 0. The lowest BCUT2D eigenvalue weighted by atomic mass is 9.95. The summed E-state index contributed by atoms with van der Waals surface area (Å²) in [5, 5.41) is 26.3. The maximum atomic E-state index is 9.28. The summed E-state index contributed by atoms with van der Waals surface area (Å²) in [6.45, 7) is 1.91. The van der Waals surface area contributed by atoms with Gasteiger partial charge in [0.05, 0.1) is 11.6 Å². The molecule has 2 aromatic heterocycles. The SMILES string of the molecule is CC(Nc1nc2c(cc1C#N)CCCC2)c1nn[nH]n1. The fourth-order valence-electron chi connectivity index (χ4n) is 2.45. The Morgan fingerprint density at radius 3 is 3.00 bits per heavy atom. The monoisotopic (exact) mass is 269 g/mol. The highest BCUT2D eigenvalue weighted by Gasteiger charge is 2.18. The van der Waals surface area contributed by atoms with Gasteiger partial charge < -0.3 is 5.32 Å². The Morgan fingerprint density at radius 2 is 2.25 bits per heavy atom. The van der Waals surface area contributed by atoms with E-state index in [0.29, 0.717) is 17.2 Å². The maximum Gasteiger partial charge on any atom is 0.196 e. The molecule has 2 heterocycles. The van der Waals surface area contributed by atoms with E-state index in [1.807, 2.05) is 13.0 Å². The smallest absolute Gasteiger partial charge is 0.196 e. The molecule has 1 aliphatic carbocycles. The van der Waals surface area contributed by atoms with Gasteiger partial charge in [-0.2, -0.15) is 10.5 Å². The number of nitrogens with zero attached hydrogens (tertiary/aromatic N) is 5. The molecule has 1 atom stereocenters. The molecule has 0 bridgehead atoms. The van der Waals surface area contributed by atoms with Crippen molar-refractivity contribution in [2.75, 3.05) is 5.32 Å². The predicted octanol–water partition coefficient (Wildman–Crippen LogP) is 1.52. The first-order chi connectivity index (χ1) is 9.78. The van der Waals surface area contributed by atoms with Crippen molar-refractivity contribution in [1.29, 1.82) is 5.26 Å². The zero-order valence-corrected chi connectivity index (χ0v) is 11.2. The number of anilines is 1. The lowest BCUT2D eigenvalue weighted by Gasteiger charge is -2.18. The van der Waals surface area contributed by atoms with Gasteiger partial charge in [-0.1, -0.05) is 5.21 Å². The Labute approximate surface area is 116 Å². The molecule has 102 valence electrons. The highest BCUT2D eigenvalue weighted by atomic mass is 15.5. The second-order valence-corrected chi connectivity index (χ2v) is 4.95. The van der Waals surface area contributed by atoms with Crippen LogP contribution in [0.2, 0.25) is 0 Å². The topological polar surface area (TPSA) is 103 Å². The van der Waals surface area contributed by atoms with Gasteiger partial charge in [-0.15, -0.1) is 10.2 Å². The Hall–Kier alpha value is -2.49. The number of nitrogens with one attached hydrogen (secondary N) is 2. The Morgan fingerprint density at radius 1 is 1.40 bits per heavy atom. The van der Waals surface area contributed by atoms with Crippen LogP contribution in [0.25, 0.3) is 0 Å². The fourth-order valence-corrected chi connectivity index (χ4v) is 2.45. The number of pyridine rings is 1. The molecule has 0 fully saturated rings. The molecule has 0 spiro atoms. The summed E-state index contributed by atoms with van der Waals surface area (Å²) in [6, 6.07) is 4.00. The minimum Gasteiger partial charge on any atom is -0.359 e. The normalized spacial score (nSPS) is 15.2. The molecule has 2 aromatic rings. The minimum atomic E-state index is -0.157. The van der Waals surface area contributed by atoms with Gasteiger partial charge in [-0.3, -0.25) is 0 Å². The van der Waals surface area contributed by atoms with Crippen molar-refractivity contribution in [3.05, 3.63) is 28.7 Å². The molecule has 0 aromatic carbocycles. The third kappa shape index (κ3) is 2.32. The molecular formula is C13H15N7. The number of hydrogen-bond donors (Lipinski definition) is 2. The summed E-state index contributed by atoms with van der Waals surface area (Å²) in [6.07, 6.45) is 4.32. The van der Waals surface area contributed by atoms with Gasteiger partial charge in [0.25, 0.3) is 0 Å². The van der Waals surface area contributed by atoms with E-state index in [1.54, 1.807) is 0 Å². The summed E-state index contributed by atoms with van der Waals surface area (Å²) in [4.78, 5) is 4.61. The van der Waals surface area contributed by atoms with Crippen LogP contribution in [0.3, 0.4) is 0 Å². The zero-order chi connectivity index (χ0) is 13.9. The number of rotatable bonds is 3. The second-order valence-electron chi connectivity index (χ2n) is 4.95. The van der Waals surface area contributed by atoms with Crippen LogP contribution in [-0.2, 0) is 12.8 Å². The summed E-state index contributed by atoms with van der Waals surface area (Å²) < 4.78 is 0. The molecule has 0 aliphatic heterocycles. The van der Waals surface area contributed by atoms with Crippen LogP contribution in [0.4, 0.5) is 5.82 Å². The summed E-state index contributed by atoms with van der Waals surface area (Å²) >= 11 is 0. The van der Waals surface area contributed by atoms with Gasteiger partial charge >= 0.3 is 0 Å². The van der Waals surface area contributed by atoms with E-state index in [-0.39, 0.29) is 6.04 Å². The molecule has 0 saturated carbocycles. The van der Waals surface area contributed by atoms with E-state index in [0.717, 1.165) is 25.0 Å². The number of aromatic nitrogens is 5. The number of hydrogen-bond acceptors (Lipinski definition) is 6. The lowest BCUT2D eigenvalue weighted by Crippen LogP contribution is -2.14. The van der Waals surface area contributed by atoms with Crippen LogP contribution >= 0.6 is 0 Å². The van der Waals surface area contributed by atoms with E-state index >= 15 is 0 Å². The summed E-state index contributed by atoms with van der Waals surface area (Å²) in [5.74, 6) is 1.15. The van der Waals surface area contributed by atoms with E-state index in [2.05, 4.69) is 37.0 Å². The van der Waals surface area contributed by atoms with Crippen molar-refractivity contribution in [1.82, 2.24) is 25.6 Å².